The van der Waals surface area contributed by atoms with E-state index in [2.05, 4.69) is 52.6 Å². The van der Waals surface area contributed by atoms with Crippen LogP contribution >= 0.6 is 0 Å². The molecule has 1 atom stereocenters. The number of likely N-dealkylation sites (tertiary alicyclic amines) is 1. The third-order valence-electron chi connectivity index (χ3n) is 6.06. The maximum atomic E-state index is 12.7. The molecule has 0 spiro atoms. The van der Waals surface area contributed by atoms with E-state index in [1.165, 1.54) is 24.8 Å². The molecule has 0 radical (unpaired) electrons. The molecule has 1 N–H and O–H groups in total. The molecule has 2 aliphatic heterocycles. The third kappa shape index (κ3) is 5.48. The highest BCUT2D eigenvalue weighted by Gasteiger charge is 2.19. The molecule has 0 saturated carbocycles. The Kier molecular flexibility index (Phi) is 6.80. The van der Waals surface area contributed by atoms with Gasteiger partial charge >= 0.3 is 0 Å². The van der Waals surface area contributed by atoms with Gasteiger partial charge in [0.15, 0.2) is 0 Å². The Morgan fingerprint density at radius 3 is 2.60 bits per heavy atom. The number of anilines is 1. The van der Waals surface area contributed by atoms with Crippen molar-refractivity contribution >= 4 is 17.3 Å². The lowest BCUT2D eigenvalue weighted by Gasteiger charge is -2.24. The van der Waals surface area contributed by atoms with E-state index in [0.717, 1.165) is 50.5 Å². The number of carbonyl (C=O) groups is 1. The van der Waals surface area contributed by atoms with Gasteiger partial charge in [-0.2, -0.15) is 5.10 Å². The summed E-state index contributed by atoms with van der Waals surface area (Å²) in [6.07, 6.45) is 4.65. The van der Waals surface area contributed by atoms with Crippen LogP contribution in [-0.2, 0) is 6.54 Å². The molecule has 4 rings (SSSR count). The number of nitrogens with zero attached hydrogens (tertiary/aromatic N) is 3. The fourth-order valence-electron chi connectivity index (χ4n) is 4.35. The van der Waals surface area contributed by atoms with E-state index in [9.17, 15) is 4.79 Å². The van der Waals surface area contributed by atoms with Crippen molar-refractivity contribution in [1.82, 2.24) is 10.2 Å². The number of hydrogen-bond donors (Lipinski definition) is 1. The lowest BCUT2D eigenvalue weighted by molar-refractivity contribution is 0.0942. The fraction of sp³-hybridized carbons (Fsp3) is 0.440. The quantitative estimate of drug-likeness (QED) is 0.781. The Labute approximate surface area is 179 Å². The Morgan fingerprint density at radius 1 is 1.07 bits per heavy atom. The number of carbonyl (C=O) groups excluding carboxylic acids is 1. The summed E-state index contributed by atoms with van der Waals surface area (Å²) in [5, 5.41) is 9.70. The molecular weight excluding hydrogens is 372 g/mol. The van der Waals surface area contributed by atoms with E-state index >= 15 is 0 Å². The molecule has 1 saturated heterocycles. The lowest BCUT2D eigenvalue weighted by atomic mass is 10.0. The molecule has 1 amide bonds. The highest BCUT2D eigenvalue weighted by molar-refractivity contribution is 5.94. The molecule has 2 aromatic carbocycles. The van der Waals surface area contributed by atoms with Crippen molar-refractivity contribution in [3.05, 3.63) is 65.7 Å². The fourth-order valence-corrected chi connectivity index (χ4v) is 4.35. The first kappa shape index (κ1) is 20.6. The van der Waals surface area contributed by atoms with Gasteiger partial charge in [0.2, 0.25) is 0 Å². The van der Waals surface area contributed by atoms with Crippen LogP contribution in [0.1, 0.15) is 48.5 Å². The van der Waals surface area contributed by atoms with Crippen LogP contribution < -0.4 is 10.3 Å². The van der Waals surface area contributed by atoms with Gasteiger partial charge in [0.1, 0.15) is 0 Å². The Bertz CT molecular complexity index is 862. The standard InChI is InChI=1S/C25H32N4O/c1-20-14-16-29(27-20)24-12-10-23(11-13-24)25(30)26-17-22-9-5-6-15-28(19-22)18-21-7-3-2-4-8-21/h2-4,7-8,10-13,22H,5-6,9,14-19H2,1H3,(H,26,30). The van der Waals surface area contributed by atoms with Gasteiger partial charge in [-0.1, -0.05) is 36.8 Å². The number of amides is 1. The van der Waals surface area contributed by atoms with Crippen LogP contribution in [-0.4, -0.2) is 42.7 Å². The molecule has 2 heterocycles. The van der Waals surface area contributed by atoms with Gasteiger partial charge in [-0.25, -0.2) is 0 Å². The Hall–Kier alpha value is -2.66. The lowest BCUT2D eigenvalue weighted by Crippen LogP contribution is -2.35. The highest BCUT2D eigenvalue weighted by atomic mass is 16.1. The minimum Gasteiger partial charge on any atom is -0.352 e. The monoisotopic (exact) mass is 404 g/mol. The molecular formula is C25H32N4O. The summed E-state index contributed by atoms with van der Waals surface area (Å²) in [7, 11) is 0. The first-order valence-corrected chi connectivity index (χ1v) is 11.1. The summed E-state index contributed by atoms with van der Waals surface area (Å²) in [6.45, 7) is 6.88. The summed E-state index contributed by atoms with van der Waals surface area (Å²) in [5.41, 5.74) is 4.28. The minimum absolute atomic E-state index is 0.0153. The molecule has 5 nitrogen and oxygen atoms in total. The van der Waals surface area contributed by atoms with E-state index < -0.39 is 0 Å². The third-order valence-corrected chi connectivity index (χ3v) is 6.06. The van der Waals surface area contributed by atoms with Crippen molar-refractivity contribution in [2.24, 2.45) is 11.0 Å². The summed E-state index contributed by atoms with van der Waals surface area (Å²) in [6, 6.07) is 18.5. The van der Waals surface area contributed by atoms with E-state index in [1.54, 1.807) is 0 Å². The van der Waals surface area contributed by atoms with E-state index in [0.29, 0.717) is 11.5 Å². The second-order valence-electron chi connectivity index (χ2n) is 8.55. The van der Waals surface area contributed by atoms with Gasteiger partial charge in [0.05, 0.1) is 5.69 Å². The Morgan fingerprint density at radius 2 is 1.87 bits per heavy atom. The SMILES string of the molecule is CC1=NN(c2ccc(C(=O)NCC3CCCCN(Cc4ccccc4)C3)cc2)CC1. The summed E-state index contributed by atoms with van der Waals surface area (Å²) >= 11 is 0. The van der Waals surface area contributed by atoms with Gasteiger partial charge in [0, 0.05) is 43.9 Å². The van der Waals surface area contributed by atoms with Gasteiger partial charge in [0.25, 0.3) is 5.91 Å². The summed E-state index contributed by atoms with van der Waals surface area (Å²) in [4.78, 5) is 15.2. The van der Waals surface area contributed by atoms with Crippen LogP contribution in [0, 0.1) is 5.92 Å². The normalized spacial score (nSPS) is 20.0. The van der Waals surface area contributed by atoms with Crippen LogP contribution in [0.15, 0.2) is 59.7 Å². The number of benzene rings is 2. The maximum Gasteiger partial charge on any atom is 0.251 e. The van der Waals surface area contributed by atoms with Gasteiger partial charge in [-0.05, 0) is 62.1 Å². The molecule has 0 aliphatic carbocycles. The molecule has 5 heteroatoms. The van der Waals surface area contributed by atoms with Crippen LogP contribution in [0.2, 0.25) is 0 Å². The van der Waals surface area contributed by atoms with Crippen molar-refractivity contribution in [2.75, 3.05) is 31.2 Å². The highest BCUT2D eigenvalue weighted by Crippen LogP contribution is 2.21. The first-order chi connectivity index (χ1) is 14.7. The second kappa shape index (κ2) is 9.90. The largest absolute Gasteiger partial charge is 0.352 e. The number of nitrogens with one attached hydrogen (secondary N) is 1. The molecule has 2 aromatic rings. The Balaban J connectivity index is 1.29. The van der Waals surface area contributed by atoms with E-state index in [1.807, 2.05) is 29.3 Å². The molecule has 30 heavy (non-hydrogen) atoms. The molecule has 0 bridgehead atoms. The number of rotatable bonds is 6. The number of hydrogen-bond acceptors (Lipinski definition) is 4. The zero-order valence-corrected chi connectivity index (χ0v) is 17.9. The zero-order valence-electron chi connectivity index (χ0n) is 17.9. The molecule has 2 aliphatic rings. The van der Waals surface area contributed by atoms with Crippen molar-refractivity contribution in [2.45, 2.75) is 39.2 Å². The summed E-state index contributed by atoms with van der Waals surface area (Å²) in [5.74, 6) is 0.517. The van der Waals surface area contributed by atoms with Gasteiger partial charge in [-0.3, -0.25) is 14.7 Å². The minimum atomic E-state index is 0.0153. The van der Waals surface area contributed by atoms with Crippen molar-refractivity contribution in [3.8, 4) is 0 Å². The predicted molar refractivity (Wildman–Crippen MR) is 123 cm³/mol. The van der Waals surface area contributed by atoms with Crippen LogP contribution in [0.5, 0.6) is 0 Å². The van der Waals surface area contributed by atoms with Crippen LogP contribution in [0.25, 0.3) is 0 Å². The van der Waals surface area contributed by atoms with Gasteiger partial charge < -0.3 is 5.32 Å². The average molecular weight is 405 g/mol. The van der Waals surface area contributed by atoms with Crippen LogP contribution in [0.4, 0.5) is 5.69 Å². The predicted octanol–water partition coefficient (Wildman–Crippen LogP) is 4.30. The topological polar surface area (TPSA) is 47.9 Å². The van der Waals surface area contributed by atoms with E-state index in [-0.39, 0.29) is 5.91 Å². The number of hydrazone groups is 1. The molecule has 1 unspecified atom stereocenters. The smallest absolute Gasteiger partial charge is 0.251 e. The molecule has 1 fully saturated rings. The zero-order chi connectivity index (χ0) is 20.8. The van der Waals surface area contributed by atoms with Crippen molar-refractivity contribution < 1.29 is 4.79 Å². The second-order valence-corrected chi connectivity index (χ2v) is 8.55. The van der Waals surface area contributed by atoms with Crippen LogP contribution in [0.3, 0.4) is 0 Å². The average Bonchev–Trinajstić information content (AvgIpc) is 3.08. The molecule has 0 aromatic heterocycles. The maximum absolute atomic E-state index is 12.7. The molecule has 158 valence electrons. The van der Waals surface area contributed by atoms with E-state index in [4.69, 9.17) is 0 Å². The first-order valence-electron chi connectivity index (χ1n) is 11.1. The van der Waals surface area contributed by atoms with Crippen molar-refractivity contribution in [1.29, 1.82) is 0 Å². The van der Waals surface area contributed by atoms with Crippen molar-refractivity contribution in [3.63, 3.8) is 0 Å². The summed E-state index contributed by atoms with van der Waals surface area (Å²) < 4.78 is 0. The van der Waals surface area contributed by atoms with Gasteiger partial charge in [-0.15, -0.1) is 0 Å².